The second kappa shape index (κ2) is 5.63. The van der Waals surface area contributed by atoms with E-state index in [0.29, 0.717) is 25.7 Å². The van der Waals surface area contributed by atoms with Crippen LogP contribution in [0.4, 0.5) is 0 Å². The van der Waals surface area contributed by atoms with Crippen LogP contribution in [0, 0.1) is 5.92 Å². The number of ether oxygens (including phenoxy) is 1. The highest BCUT2D eigenvalue weighted by atomic mass is 32.2. The zero-order valence-corrected chi connectivity index (χ0v) is 10.3. The lowest BCUT2D eigenvalue weighted by Gasteiger charge is -2.19. The number of nitrogens with two attached hydrogens (primary N) is 1. The maximum Gasteiger partial charge on any atom is 0.305 e. The lowest BCUT2D eigenvalue weighted by molar-refractivity contribution is -0.141. The molecule has 2 N–H and O–H groups in total. The molecule has 0 amide bonds. The van der Waals surface area contributed by atoms with Gasteiger partial charge < -0.3 is 10.5 Å². The summed E-state index contributed by atoms with van der Waals surface area (Å²) >= 11 is 0. The lowest BCUT2D eigenvalue weighted by atomic mass is 9.91. The molecule has 0 aliphatic carbocycles. The van der Waals surface area contributed by atoms with Gasteiger partial charge >= 0.3 is 5.97 Å². The molecule has 0 radical (unpaired) electrons. The van der Waals surface area contributed by atoms with Crippen molar-refractivity contribution < 1.29 is 17.9 Å². The predicted octanol–water partition coefficient (Wildman–Crippen LogP) is 0.0917. The van der Waals surface area contributed by atoms with E-state index in [2.05, 4.69) is 4.74 Å². The first-order valence-electron chi connectivity index (χ1n) is 5.47. The van der Waals surface area contributed by atoms with E-state index >= 15 is 0 Å². The van der Waals surface area contributed by atoms with Crippen molar-refractivity contribution in [2.75, 3.05) is 18.6 Å². The molecule has 0 bridgehead atoms. The maximum atomic E-state index is 11.4. The summed E-state index contributed by atoms with van der Waals surface area (Å²) in [4.78, 5) is 11.0. The van der Waals surface area contributed by atoms with Crippen molar-refractivity contribution in [3.8, 4) is 0 Å². The van der Waals surface area contributed by atoms with Crippen molar-refractivity contribution in [2.45, 2.75) is 31.7 Å². The molecule has 1 heterocycles. The van der Waals surface area contributed by atoms with Crippen molar-refractivity contribution in [3.05, 3.63) is 0 Å². The number of carbonyl (C=O) groups excluding carboxylic acids is 1. The van der Waals surface area contributed by atoms with Gasteiger partial charge in [0.15, 0.2) is 0 Å². The van der Waals surface area contributed by atoms with Crippen molar-refractivity contribution in [1.82, 2.24) is 0 Å². The highest BCUT2D eigenvalue weighted by Gasteiger charge is 2.27. The monoisotopic (exact) mass is 249 g/mol. The third-order valence-corrected chi connectivity index (χ3v) is 4.83. The minimum absolute atomic E-state index is 0.108. The topological polar surface area (TPSA) is 86.5 Å². The van der Waals surface area contributed by atoms with Gasteiger partial charge in [0, 0.05) is 12.5 Å². The van der Waals surface area contributed by atoms with E-state index in [4.69, 9.17) is 5.73 Å². The standard InChI is InChI=1S/C10H19NO4S/c1-15-10(12)3-2-8-4-6-16(13,14)7-5-9(8)11/h8-9H,2-7,11H2,1H3/t8-,9-/m0/s1. The zero-order valence-electron chi connectivity index (χ0n) is 9.52. The number of carbonyl (C=O) groups is 1. The van der Waals surface area contributed by atoms with Crippen molar-refractivity contribution in [3.63, 3.8) is 0 Å². The highest BCUT2D eigenvalue weighted by molar-refractivity contribution is 7.91. The molecule has 0 aromatic heterocycles. The number of esters is 1. The van der Waals surface area contributed by atoms with E-state index in [0.717, 1.165) is 0 Å². The summed E-state index contributed by atoms with van der Waals surface area (Å²) in [6.45, 7) is 0. The summed E-state index contributed by atoms with van der Waals surface area (Å²) in [5, 5.41) is 0. The van der Waals surface area contributed by atoms with Crippen LogP contribution in [0.15, 0.2) is 0 Å². The Balaban J connectivity index is 2.50. The van der Waals surface area contributed by atoms with E-state index in [1.165, 1.54) is 7.11 Å². The molecule has 1 rings (SSSR count). The summed E-state index contributed by atoms with van der Waals surface area (Å²) < 4.78 is 27.4. The summed E-state index contributed by atoms with van der Waals surface area (Å²) in [5.41, 5.74) is 5.91. The fraction of sp³-hybridized carbons (Fsp3) is 0.900. The second-order valence-corrected chi connectivity index (χ2v) is 6.57. The first kappa shape index (κ1) is 13.4. The first-order chi connectivity index (χ1) is 7.44. The number of sulfone groups is 1. The Morgan fingerprint density at radius 2 is 2.00 bits per heavy atom. The van der Waals surface area contributed by atoms with Crippen LogP contribution in [0.1, 0.15) is 25.7 Å². The SMILES string of the molecule is COC(=O)CC[C@H]1CCS(=O)(=O)CC[C@@H]1N. The fourth-order valence-electron chi connectivity index (χ4n) is 1.96. The van der Waals surface area contributed by atoms with Crippen LogP contribution in [-0.2, 0) is 19.4 Å². The molecular formula is C10H19NO4S. The number of methoxy groups -OCH3 is 1. The third kappa shape index (κ3) is 4.09. The summed E-state index contributed by atoms with van der Waals surface area (Å²) in [6, 6.07) is -0.123. The third-order valence-electron chi connectivity index (χ3n) is 3.11. The largest absolute Gasteiger partial charge is 0.469 e. The summed E-state index contributed by atoms with van der Waals surface area (Å²) in [6.07, 6.45) is 1.98. The Hall–Kier alpha value is -0.620. The molecule has 2 atom stereocenters. The molecular weight excluding hydrogens is 230 g/mol. The Kier molecular flexibility index (Phi) is 4.73. The molecule has 16 heavy (non-hydrogen) atoms. The van der Waals surface area contributed by atoms with Crippen LogP contribution >= 0.6 is 0 Å². The number of hydrogen-bond donors (Lipinski definition) is 1. The van der Waals surface area contributed by atoms with Gasteiger partial charge in [0.25, 0.3) is 0 Å². The van der Waals surface area contributed by atoms with E-state index in [-0.39, 0.29) is 29.4 Å². The van der Waals surface area contributed by atoms with Gasteiger partial charge in [-0.25, -0.2) is 8.42 Å². The van der Waals surface area contributed by atoms with Crippen LogP contribution < -0.4 is 5.73 Å². The van der Waals surface area contributed by atoms with Gasteiger partial charge in [-0.15, -0.1) is 0 Å². The molecule has 1 aliphatic heterocycles. The van der Waals surface area contributed by atoms with Gasteiger partial charge in [0.05, 0.1) is 18.6 Å². The Morgan fingerprint density at radius 3 is 2.62 bits per heavy atom. The molecule has 0 aromatic carbocycles. The predicted molar refractivity (Wildman–Crippen MR) is 60.6 cm³/mol. The zero-order chi connectivity index (χ0) is 12.2. The molecule has 1 aliphatic rings. The minimum Gasteiger partial charge on any atom is -0.469 e. The van der Waals surface area contributed by atoms with Crippen LogP contribution in [-0.4, -0.2) is 39.0 Å². The molecule has 94 valence electrons. The van der Waals surface area contributed by atoms with Crippen molar-refractivity contribution in [1.29, 1.82) is 0 Å². The first-order valence-corrected chi connectivity index (χ1v) is 7.29. The van der Waals surface area contributed by atoms with E-state index in [1.54, 1.807) is 0 Å². The maximum absolute atomic E-state index is 11.4. The molecule has 0 saturated carbocycles. The van der Waals surface area contributed by atoms with Gasteiger partial charge in [-0.05, 0) is 25.2 Å². The molecule has 0 unspecified atom stereocenters. The van der Waals surface area contributed by atoms with E-state index in [9.17, 15) is 13.2 Å². The van der Waals surface area contributed by atoms with Crippen LogP contribution in [0.25, 0.3) is 0 Å². The van der Waals surface area contributed by atoms with Gasteiger partial charge in [0.2, 0.25) is 0 Å². The normalized spacial score (nSPS) is 29.4. The average molecular weight is 249 g/mol. The molecule has 1 saturated heterocycles. The van der Waals surface area contributed by atoms with Crippen LogP contribution in [0.5, 0.6) is 0 Å². The van der Waals surface area contributed by atoms with Crippen molar-refractivity contribution >= 4 is 15.8 Å². The Labute approximate surface area is 96.3 Å². The second-order valence-electron chi connectivity index (χ2n) is 4.27. The smallest absolute Gasteiger partial charge is 0.305 e. The molecule has 6 heteroatoms. The minimum atomic E-state index is -2.93. The van der Waals surface area contributed by atoms with Gasteiger partial charge in [-0.2, -0.15) is 0 Å². The fourth-order valence-corrected chi connectivity index (χ4v) is 3.46. The average Bonchev–Trinajstić information content (AvgIpc) is 2.37. The highest BCUT2D eigenvalue weighted by Crippen LogP contribution is 2.22. The number of hydrogen-bond acceptors (Lipinski definition) is 5. The quantitative estimate of drug-likeness (QED) is 0.716. The molecule has 5 nitrogen and oxygen atoms in total. The van der Waals surface area contributed by atoms with Crippen LogP contribution in [0.2, 0.25) is 0 Å². The lowest BCUT2D eigenvalue weighted by Crippen LogP contribution is -2.30. The molecule has 0 aromatic rings. The molecule has 0 spiro atoms. The Bertz CT molecular complexity index is 339. The summed E-state index contributed by atoms with van der Waals surface area (Å²) in [5.74, 6) is 0.200. The van der Waals surface area contributed by atoms with E-state index in [1.807, 2.05) is 0 Å². The van der Waals surface area contributed by atoms with Crippen molar-refractivity contribution in [2.24, 2.45) is 11.7 Å². The van der Waals surface area contributed by atoms with Gasteiger partial charge in [-0.1, -0.05) is 0 Å². The number of rotatable bonds is 3. The van der Waals surface area contributed by atoms with Gasteiger partial charge in [-0.3, -0.25) is 4.79 Å². The van der Waals surface area contributed by atoms with E-state index < -0.39 is 9.84 Å². The van der Waals surface area contributed by atoms with Gasteiger partial charge in [0.1, 0.15) is 9.84 Å². The molecule has 1 fully saturated rings. The summed E-state index contributed by atoms with van der Waals surface area (Å²) in [7, 11) is -1.58. The van der Waals surface area contributed by atoms with Crippen LogP contribution in [0.3, 0.4) is 0 Å². The Morgan fingerprint density at radius 1 is 1.38 bits per heavy atom.